The summed E-state index contributed by atoms with van der Waals surface area (Å²) in [6.45, 7) is 1.37. The van der Waals surface area contributed by atoms with Crippen LogP contribution in [-0.4, -0.2) is 26.3 Å². The van der Waals surface area contributed by atoms with Crippen molar-refractivity contribution in [2.45, 2.75) is 6.92 Å². The average molecular weight is 257 g/mol. The number of rotatable bonds is 4. The summed E-state index contributed by atoms with van der Waals surface area (Å²) in [6.07, 6.45) is 1.47. The van der Waals surface area contributed by atoms with E-state index in [4.69, 9.17) is 21.1 Å². The standard InChI is InChI=1S/C11H13ClN2O3/c1-7(15)14-13-6-8-4-9(12)11(17-3)10(5-8)16-2/h4-6H,1-3H3,(H,14,15)/b13-6-. The third-order valence-electron chi connectivity index (χ3n) is 1.89. The van der Waals surface area contributed by atoms with Gasteiger partial charge in [0.2, 0.25) is 5.91 Å². The first-order valence-corrected chi connectivity index (χ1v) is 5.17. The largest absolute Gasteiger partial charge is 0.493 e. The molecule has 0 heterocycles. The molecule has 0 saturated carbocycles. The number of carbonyl (C=O) groups is 1. The highest BCUT2D eigenvalue weighted by molar-refractivity contribution is 6.32. The fraction of sp³-hybridized carbons (Fsp3) is 0.273. The molecule has 17 heavy (non-hydrogen) atoms. The summed E-state index contributed by atoms with van der Waals surface area (Å²) in [5.41, 5.74) is 2.99. The van der Waals surface area contributed by atoms with Crippen molar-refractivity contribution in [3.05, 3.63) is 22.7 Å². The van der Waals surface area contributed by atoms with Gasteiger partial charge in [0.15, 0.2) is 11.5 Å². The summed E-state index contributed by atoms with van der Waals surface area (Å²) in [5, 5.41) is 4.15. The molecule has 0 unspecified atom stereocenters. The van der Waals surface area contributed by atoms with Gasteiger partial charge in [0.1, 0.15) is 0 Å². The molecule has 0 saturated heterocycles. The second-order valence-electron chi connectivity index (χ2n) is 3.16. The van der Waals surface area contributed by atoms with Gasteiger partial charge in [-0.15, -0.1) is 0 Å². The molecule has 0 fully saturated rings. The van der Waals surface area contributed by atoms with E-state index < -0.39 is 0 Å². The molecule has 1 aromatic carbocycles. The molecule has 0 bridgehead atoms. The van der Waals surface area contributed by atoms with Crippen LogP contribution in [-0.2, 0) is 4.79 Å². The number of halogens is 1. The van der Waals surface area contributed by atoms with E-state index >= 15 is 0 Å². The van der Waals surface area contributed by atoms with Gasteiger partial charge in [-0.25, -0.2) is 5.43 Å². The summed E-state index contributed by atoms with van der Waals surface area (Å²) in [5.74, 6) is 0.725. The van der Waals surface area contributed by atoms with E-state index in [0.717, 1.165) is 0 Å². The highest BCUT2D eigenvalue weighted by atomic mass is 35.5. The Morgan fingerprint density at radius 2 is 2.12 bits per heavy atom. The first-order chi connectivity index (χ1) is 8.08. The number of hydrazone groups is 1. The Morgan fingerprint density at radius 1 is 1.41 bits per heavy atom. The van der Waals surface area contributed by atoms with Crippen LogP contribution >= 0.6 is 11.6 Å². The SMILES string of the molecule is COc1cc(/C=N\NC(C)=O)cc(Cl)c1OC. The lowest BCUT2D eigenvalue weighted by Gasteiger charge is -2.09. The number of methoxy groups -OCH3 is 2. The number of nitrogens with zero attached hydrogens (tertiary/aromatic N) is 1. The molecule has 1 amide bonds. The topological polar surface area (TPSA) is 59.9 Å². The highest BCUT2D eigenvalue weighted by Gasteiger charge is 2.09. The van der Waals surface area contributed by atoms with Crippen molar-refractivity contribution in [3.8, 4) is 11.5 Å². The number of hydrogen-bond donors (Lipinski definition) is 1. The molecule has 0 spiro atoms. The van der Waals surface area contributed by atoms with Gasteiger partial charge in [-0.3, -0.25) is 4.79 Å². The predicted molar refractivity (Wildman–Crippen MR) is 66.0 cm³/mol. The van der Waals surface area contributed by atoms with E-state index in [0.29, 0.717) is 22.1 Å². The molecule has 1 rings (SSSR count). The molecular formula is C11H13ClN2O3. The first-order valence-electron chi connectivity index (χ1n) is 4.79. The third-order valence-corrected chi connectivity index (χ3v) is 2.17. The zero-order chi connectivity index (χ0) is 12.8. The van der Waals surface area contributed by atoms with Gasteiger partial charge < -0.3 is 9.47 Å². The number of benzene rings is 1. The Labute approximate surface area is 104 Å². The molecule has 0 aromatic heterocycles. The van der Waals surface area contributed by atoms with Crippen LogP contribution in [0.25, 0.3) is 0 Å². The first kappa shape index (κ1) is 13.3. The smallest absolute Gasteiger partial charge is 0.236 e. The Hall–Kier alpha value is -1.75. The van der Waals surface area contributed by atoms with Crippen molar-refractivity contribution in [2.24, 2.45) is 5.10 Å². The number of nitrogens with one attached hydrogen (secondary N) is 1. The molecule has 6 heteroatoms. The van der Waals surface area contributed by atoms with Gasteiger partial charge >= 0.3 is 0 Å². The Balaban J connectivity index is 2.99. The summed E-state index contributed by atoms with van der Waals surface area (Å²) < 4.78 is 10.2. The molecule has 5 nitrogen and oxygen atoms in total. The van der Waals surface area contributed by atoms with Gasteiger partial charge in [0.25, 0.3) is 0 Å². The molecule has 0 aliphatic rings. The van der Waals surface area contributed by atoms with E-state index in [1.807, 2.05) is 0 Å². The van der Waals surface area contributed by atoms with Gasteiger partial charge in [0.05, 0.1) is 25.5 Å². The van der Waals surface area contributed by atoms with Crippen LogP contribution < -0.4 is 14.9 Å². The normalized spacial score (nSPS) is 10.4. The Morgan fingerprint density at radius 3 is 2.65 bits per heavy atom. The third kappa shape index (κ3) is 3.64. The van der Waals surface area contributed by atoms with E-state index in [1.54, 1.807) is 12.1 Å². The van der Waals surface area contributed by atoms with Crippen molar-refractivity contribution >= 4 is 23.7 Å². The summed E-state index contributed by atoms with van der Waals surface area (Å²) in [4.78, 5) is 10.6. The average Bonchev–Trinajstić information content (AvgIpc) is 2.27. The van der Waals surface area contributed by atoms with E-state index in [2.05, 4.69) is 10.5 Å². The zero-order valence-electron chi connectivity index (χ0n) is 9.78. The maximum absolute atomic E-state index is 10.6. The van der Waals surface area contributed by atoms with E-state index in [-0.39, 0.29) is 5.91 Å². The summed E-state index contributed by atoms with van der Waals surface area (Å²) in [6, 6.07) is 3.37. The van der Waals surface area contributed by atoms with Crippen LogP contribution in [0.3, 0.4) is 0 Å². The maximum atomic E-state index is 10.6. The van der Waals surface area contributed by atoms with Gasteiger partial charge in [-0.2, -0.15) is 5.10 Å². The number of carbonyl (C=O) groups excluding carboxylic acids is 1. The van der Waals surface area contributed by atoms with Crippen molar-refractivity contribution in [2.75, 3.05) is 14.2 Å². The lowest BCUT2D eigenvalue weighted by atomic mass is 10.2. The second kappa shape index (κ2) is 6.10. The second-order valence-corrected chi connectivity index (χ2v) is 3.57. The van der Waals surface area contributed by atoms with E-state index in [9.17, 15) is 4.79 Å². The Bertz CT molecular complexity index is 447. The van der Waals surface area contributed by atoms with Gasteiger partial charge in [0, 0.05) is 6.92 Å². The molecule has 1 N–H and O–H groups in total. The van der Waals surface area contributed by atoms with Crippen LogP contribution in [0.2, 0.25) is 5.02 Å². The quantitative estimate of drug-likeness (QED) is 0.660. The maximum Gasteiger partial charge on any atom is 0.236 e. The van der Waals surface area contributed by atoms with Crippen LogP contribution in [0.1, 0.15) is 12.5 Å². The van der Waals surface area contributed by atoms with Crippen molar-refractivity contribution in [1.29, 1.82) is 0 Å². The molecule has 0 radical (unpaired) electrons. The lowest BCUT2D eigenvalue weighted by Crippen LogP contribution is -2.12. The van der Waals surface area contributed by atoms with Crippen molar-refractivity contribution in [1.82, 2.24) is 5.43 Å². The predicted octanol–water partition coefficient (Wildman–Crippen LogP) is 1.83. The molecule has 0 atom stereocenters. The molecule has 0 aliphatic heterocycles. The minimum absolute atomic E-state index is 0.243. The molecular weight excluding hydrogens is 244 g/mol. The van der Waals surface area contributed by atoms with Crippen molar-refractivity contribution in [3.63, 3.8) is 0 Å². The fourth-order valence-electron chi connectivity index (χ4n) is 1.21. The summed E-state index contributed by atoms with van der Waals surface area (Å²) >= 11 is 6.00. The monoisotopic (exact) mass is 256 g/mol. The minimum atomic E-state index is -0.243. The molecule has 0 aliphatic carbocycles. The van der Waals surface area contributed by atoms with Crippen LogP contribution in [0.4, 0.5) is 0 Å². The lowest BCUT2D eigenvalue weighted by molar-refractivity contribution is -0.118. The summed E-state index contributed by atoms with van der Waals surface area (Å²) in [7, 11) is 3.03. The van der Waals surface area contributed by atoms with E-state index in [1.165, 1.54) is 27.4 Å². The van der Waals surface area contributed by atoms with Gasteiger partial charge in [-0.1, -0.05) is 11.6 Å². The Kier molecular flexibility index (Phi) is 4.78. The van der Waals surface area contributed by atoms with Gasteiger partial charge in [-0.05, 0) is 17.7 Å². The minimum Gasteiger partial charge on any atom is -0.493 e. The number of ether oxygens (including phenoxy) is 2. The molecule has 92 valence electrons. The van der Waals surface area contributed by atoms with Crippen LogP contribution in [0, 0.1) is 0 Å². The number of hydrogen-bond acceptors (Lipinski definition) is 4. The van der Waals surface area contributed by atoms with Crippen molar-refractivity contribution < 1.29 is 14.3 Å². The van der Waals surface area contributed by atoms with Crippen LogP contribution in [0.5, 0.6) is 11.5 Å². The zero-order valence-corrected chi connectivity index (χ0v) is 10.5. The highest BCUT2D eigenvalue weighted by Crippen LogP contribution is 2.35. The van der Waals surface area contributed by atoms with Crippen LogP contribution in [0.15, 0.2) is 17.2 Å². The number of amides is 1. The molecule has 1 aromatic rings. The fourth-order valence-corrected chi connectivity index (χ4v) is 1.51.